The third kappa shape index (κ3) is 4.79. The maximum atomic E-state index is 10.7. The van der Waals surface area contributed by atoms with Crippen LogP contribution in [0.2, 0.25) is 0 Å². The largest absolute Gasteiger partial charge is 0.388 e. The Kier molecular flexibility index (Phi) is 5.56. The predicted molar refractivity (Wildman–Crippen MR) is 43.5 cm³/mol. The van der Waals surface area contributed by atoms with E-state index in [-0.39, 0.29) is 18.9 Å². The maximum absolute atomic E-state index is 10.7. The smallest absolute Gasteiger partial charge is 0.219 e. The molecule has 0 aromatic heterocycles. The molecule has 0 unspecified atom stereocenters. The lowest BCUT2D eigenvalue weighted by molar-refractivity contribution is -0.157. The summed E-state index contributed by atoms with van der Waals surface area (Å²) in [4.78, 5) is 10.7. The van der Waals surface area contributed by atoms with Gasteiger partial charge in [-0.15, -0.1) is 0 Å². The van der Waals surface area contributed by atoms with Crippen molar-refractivity contribution >= 4 is 5.91 Å². The van der Waals surface area contributed by atoms with E-state index in [0.29, 0.717) is 0 Å². The normalized spacial score (nSPS) is 15.5. The summed E-state index contributed by atoms with van der Waals surface area (Å²) in [5.41, 5.74) is 0. The van der Waals surface area contributed by atoms with Crippen LogP contribution in [0.5, 0.6) is 0 Å². The first kappa shape index (κ1) is 12.3. The highest BCUT2D eigenvalue weighted by Gasteiger charge is 2.22. The highest BCUT2D eigenvalue weighted by Crippen LogP contribution is 1.96. The molecule has 0 heterocycles. The van der Waals surface area contributed by atoms with E-state index in [1.54, 1.807) is 6.92 Å². The Morgan fingerprint density at radius 2 is 1.85 bits per heavy atom. The van der Waals surface area contributed by atoms with Gasteiger partial charge in [0, 0.05) is 13.0 Å². The Morgan fingerprint density at radius 1 is 1.31 bits per heavy atom. The number of amides is 1. The molecule has 0 fully saturated rings. The average molecular weight is 193 g/mol. The van der Waals surface area contributed by atoms with Crippen molar-refractivity contribution in [3.05, 3.63) is 0 Å². The average Bonchev–Trinajstić information content (AvgIpc) is 2.11. The molecule has 0 aliphatic heterocycles. The molecule has 5 N–H and O–H groups in total. The summed E-state index contributed by atoms with van der Waals surface area (Å²) in [7, 11) is 0. The summed E-state index contributed by atoms with van der Waals surface area (Å²) in [6.45, 7) is 1.44. The zero-order valence-corrected chi connectivity index (χ0v) is 7.34. The van der Waals surface area contributed by atoms with E-state index in [4.69, 9.17) is 20.4 Å². The van der Waals surface area contributed by atoms with Gasteiger partial charge in [-0.05, 0) is 0 Å². The zero-order valence-electron chi connectivity index (χ0n) is 7.34. The Bertz CT molecular complexity index is 161. The van der Waals surface area contributed by atoms with E-state index in [1.807, 2.05) is 0 Å². The summed E-state index contributed by atoms with van der Waals surface area (Å²) >= 11 is 0. The third-order valence-electron chi connectivity index (χ3n) is 1.53. The molecule has 6 nitrogen and oxygen atoms in total. The second kappa shape index (κ2) is 5.87. The van der Waals surface area contributed by atoms with Gasteiger partial charge in [0.1, 0.15) is 12.2 Å². The van der Waals surface area contributed by atoms with Crippen LogP contribution in [-0.4, -0.2) is 51.4 Å². The lowest BCUT2D eigenvalue weighted by atomic mass is 10.2. The second-order valence-electron chi connectivity index (χ2n) is 2.63. The number of carbonyl (C=O) groups excluding carboxylic acids is 1. The molecule has 0 rings (SSSR count). The zero-order chi connectivity index (χ0) is 10.4. The van der Waals surface area contributed by atoms with Crippen LogP contribution in [0.1, 0.15) is 13.3 Å². The van der Waals surface area contributed by atoms with Gasteiger partial charge in [0.25, 0.3) is 0 Å². The molecule has 1 amide bonds. The standard InChI is InChI=1S/C7H15NO5/c1-2-5(10)8-3-4(9)6(11)7(12)13/h4,6-7,9,11-13H,2-3H2,1H3,(H,8,10)/t4-,6+/m0/s1. The fourth-order valence-corrected chi connectivity index (χ4v) is 0.663. The van der Waals surface area contributed by atoms with Gasteiger partial charge in [-0.3, -0.25) is 4.79 Å². The minimum absolute atomic E-state index is 0.203. The number of hydrogen-bond donors (Lipinski definition) is 5. The van der Waals surface area contributed by atoms with E-state index in [9.17, 15) is 4.79 Å². The van der Waals surface area contributed by atoms with Gasteiger partial charge in [0.15, 0.2) is 6.29 Å². The van der Waals surface area contributed by atoms with Crippen LogP contribution in [-0.2, 0) is 4.79 Å². The number of aliphatic hydroxyl groups is 4. The highest BCUT2D eigenvalue weighted by molar-refractivity contribution is 5.75. The number of aliphatic hydroxyl groups excluding tert-OH is 3. The Labute approximate surface area is 75.8 Å². The summed E-state index contributed by atoms with van der Waals surface area (Å²) in [6.07, 6.45) is -4.79. The second-order valence-corrected chi connectivity index (χ2v) is 2.63. The molecule has 0 aliphatic carbocycles. The van der Waals surface area contributed by atoms with Gasteiger partial charge in [0.05, 0.1) is 0 Å². The van der Waals surface area contributed by atoms with Gasteiger partial charge in [-0.1, -0.05) is 6.92 Å². The van der Waals surface area contributed by atoms with E-state index in [2.05, 4.69) is 5.32 Å². The summed E-state index contributed by atoms with van der Waals surface area (Å²) < 4.78 is 0. The van der Waals surface area contributed by atoms with E-state index in [0.717, 1.165) is 0 Å². The van der Waals surface area contributed by atoms with Crippen LogP contribution in [0, 0.1) is 0 Å². The van der Waals surface area contributed by atoms with Gasteiger partial charge in [0.2, 0.25) is 5.91 Å². The molecule has 6 heteroatoms. The topological polar surface area (TPSA) is 110 Å². The molecule has 0 saturated heterocycles. The number of nitrogens with one attached hydrogen (secondary N) is 1. The predicted octanol–water partition coefficient (Wildman–Crippen LogP) is -2.45. The first-order valence-corrected chi connectivity index (χ1v) is 3.98. The molecule has 0 spiro atoms. The van der Waals surface area contributed by atoms with E-state index < -0.39 is 18.5 Å². The fraction of sp³-hybridized carbons (Fsp3) is 0.857. The van der Waals surface area contributed by atoms with Gasteiger partial charge >= 0.3 is 0 Å². The molecular formula is C7H15NO5. The number of carbonyl (C=O) groups is 1. The lowest BCUT2D eigenvalue weighted by Crippen LogP contribution is -2.44. The van der Waals surface area contributed by atoms with Crippen LogP contribution in [0.15, 0.2) is 0 Å². The van der Waals surface area contributed by atoms with Crippen LogP contribution in [0.4, 0.5) is 0 Å². The van der Waals surface area contributed by atoms with Gasteiger partial charge in [-0.25, -0.2) is 0 Å². The molecule has 0 saturated carbocycles. The molecule has 0 aliphatic rings. The summed E-state index contributed by atoms with van der Waals surface area (Å²) in [6, 6.07) is 0. The minimum Gasteiger partial charge on any atom is -0.388 e. The molecule has 0 aromatic rings. The molecule has 13 heavy (non-hydrogen) atoms. The lowest BCUT2D eigenvalue weighted by Gasteiger charge is -2.19. The van der Waals surface area contributed by atoms with Crippen molar-refractivity contribution < 1.29 is 25.2 Å². The monoisotopic (exact) mass is 193 g/mol. The molecule has 0 radical (unpaired) electrons. The Balaban J connectivity index is 3.73. The summed E-state index contributed by atoms with van der Waals surface area (Å²) in [5.74, 6) is -0.279. The van der Waals surface area contributed by atoms with Crippen LogP contribution in [0.25, 0.3) is 0 Å². The van der Waals surface area contributed by atoms with Crippen molar-refractivity contribution in [2.75, 3.05) is 6.54 Å². The Morgan fingerprint density at radius 3 is 2.23 bits per heavy atom. The number of rotatable bonds is 5. The van der Waals surface area contributed by atoms with E-state index in [1.165, 1.54) is 0 Å². The van der Waals surface area contributed by atoms with E-state index >= 15 is 0 Å². The molecule has 0 aromatic carbocycles. The van der Waals surface area contributed by atoms with Crippen LogP contribution in [0.3, 0.4) is 0 Å². The van der Waals surface area contributed by atoms with Crippen molar-refractivity contribution in [3.63, 3.8) is 0 Å². The van der Waals surface area contributed by atoms with Crippen molar-refractivity contribution in [1.29, 1.82) is 0 Å². The highest BCUT2D eigenvalue weighted by atomic mass is 16.5. The fourth-order valence-electron chi connectivity index (χ4n) is 0.663. The van der Waals surface area contributed by atoms with Crippen molar-refractivity contribution in [2.24, 2.45) is 0 Å². The SMILES string of the molecule is CCC(=O)NC[C@H](O)[C@@H](O)C(O)O. The van der Waals surface area contributed by atoms with Crippen LogP contribution < -0.4 is 5.32 Å². The quantitative estimate of drug-likeness (QED) is 0.311. The molecular weight excluding hydrogens is 178 g/mol. The summed E-state index contributed by atoms with van der Waals surface area (Å²) in [5, 5.41) is 37.1. The number of hydrogen-bond acceptors (Lipinski definition) is 5. The molecule has 0 bridgehead atoms. The van der Waals surface area contributed by atoms with Crippen molar-refractivity contribution in [3.8, 4) is 0 Å². The van der Waals surface area contributed by atoms with Gasteiger partial charge < -0.3 is 25.7 Å². The molecule has 78 valence electrons. The van der Waals surface area contributed by atoms with Crippen LogP contribution >= 0.6 is 0 Å². The maximum Gasteiger partial charge on any atom is 0.219 e. The Hall–Kier alpha value is -0.690. The minimum atomic E-state index is -2.01. The van der Waals surface area contributed by atoms with Gasteiger partial charge in [-0.2, -0.15) is 0 Å². The third-order valence-corrected chi connectivity index (χ3v) is 1.53. The first-order chi connectivity index (χ1) is 5.99. The molecule has 2 atom stereocenters. The first-order valence-electron chi connectivity index (χ1n) is 3.98. The van der Waals surface area contributed by atoms with Crippen molar-refractivity contribution in [1.82, 2.24) is 5.32 Å². The van der Waals surface area contributed by atoms with Crippen molar-refractivity contribution in [2.45, 2.75) is 31.8 Å².